The number of amides is 1. The SMILES string of the molecule is CCC(CC)(CBr)NC(=O)c1coc(C)c1. The van der Waals surface area contributed by atoms with Crippen molar-refractivity contribution in [1.82, 2.24) is 5.32 Å². The standard InChI is InChI=1S/C12H18BrNO2/c1-4-12(5-2,8-13)14-11(15)10-6-9(3)16-7-10/h6-7H,4-5,8H2,1-3H3,(H,14,15). The summed E-state index contributed by atoms with van der Waals surface area (Å²) in [6.07, 6.45) is 3.30. The Morgan fingerprint density at radius 3 is 2.50 bits per heavy atom. The first-order chi connectivity index (χ1) is 7.56. The summed E-state index contributed by atoms with van der Waals surface area (Å²) in [5.74, 6) is 0.683. The number of rotatable bonds is 5. The minimum atomic E-state index is -0.164. The van der Waals surface area contributed by atoms with Gasteiger partial charge in [-0.05, 0) is 25.8 Å². The van der Waals surface area contributed by atoms with Crippen LogP contribution in [-0.2, 0) is 0 Å². The van der Waals surface area contributed by atoms with E-state index in [9.17, 15) is 4.79 Å². The van der Waals surface area contributed by atoms with E-state index in [0.717, 1.165) is 23.9 Å². The molecule has 0 radical (unpaired) electrons. The molecule has 16 heavy (non-hydrogen) atoms. The Morgan fingerprint density at radius 2 is 2.12 bits per heavy atom. The van der Waals surface area contributed by atoms with Gasteiger partial charge < -0.3 is 9.73 Å². The fourth-order valence-electron chi connectivity index (χ4n) is 1.52. The van der Waals surface area contributed by atoms with Gasteiger partial charge in [0, 0.05) is 10.9 Å². The predicted molar refractivity (Wildman–Crippen MR) is 68.0 cm³/mol. The average Bonchev–Trinajstić information content (AvgIpc) is 2.73. The number of hydrogen-bond donors (Lipinski definition) is 1. The molecule has 1 aromatic rings. The number of halogens is 1. The molecular weight excluding hydrogens is 270 g/mol. The zero-order chi connectivity index (χ0) is 12.2. The Morgan fingerprint density at radius 1 is 1.50 bits per heavy atom. The van der Waals surface area contributed by atoms with Crippen LogP contribution in [0.15, 0.2) is 16.7 Å². The smallest absolute Gasteiger partial charge is 0.255 e. The highest BCUT2D eigenvalue weighted by molar-refractivity contribution is 9.09. The molecule has 0 bridgehead atoms. The third-order valence-electron chi connectivity index (χ3n) is 2.98. The highest BCUT2D eigenvalue weighted by Gasteiger charge is 2.27. The molecule has 1 heterocycles. The topological polar surface area (TPSA) is 42.2 Å². The number of furan rings is 1. The van der Waals surface area contributed by atoms with Crippen LogP contribution in [0.2, 0.25) is 0 Å². The summed E-state index contributed by atoms with van der Waals surface area (Å²) >= 11 is 3.46. The molecule has 0 aliphatic heterocycles. The largest absolute Gasteiger partial charge is 0.469 e. The molecule has 90 valence electrons. The van der Waals surface area contributed by atoms with E-state index in [1.165, 1.54) is 6.26 Å². The molecule has 4 heteroatoms. The van der Waals surface area contributed by atoms with Gasteiger partial charge in [-0.3, -0.25) is 4.79 Å². The minimum Gasteiger partial charge on any atom is -0.469 e. The van der Waals surface area contributed by atoms with Crippen molar-refractivity contribution in [1.29, 1.82) is 0 Å². The van der Waals surface area contributed by atoms with Crippen LogP contribution < -0.4 is 5.32 Å². The molecule has 1 amide bonds. The van der Waals surface area contributed by atoms with Crippen molar-refractivity contribution >= 4 is 21.8 Å². The van der Waals surface area contributed by atoms with E-state index in [-0.39, 0.29) is 11.4 Å². The van der Waals surface area contributed by atoms with Gasteiger partial charge in [0.25, 0.3) is 5.91 Å². The summed E-state index contributed by atoms with van der Waals surface area (Å²) in [7, 11) is 0. The molecule has 3 nitrogen and oxygen atoms in total. The number of nitrogens with one attached hydrogen (secondary N) is 1. The molecule has 0 saturated carbocycles. The molecule has 1 N–H and O–H groups in total. The average molecular weight is 288 g/mol. The monoisotopic (exact) mass is 287 g/mol. The van der Waals surface area contributed by atoms with Gasteiger partial charge in [-0.25, -0.2) is 0 Å². The lowest BCUT2D eigenvalue weighted by Crippen LogP contribution is -2.49. The van der Waals surface area contributed by atoms with Gasteiger partial charge >= 0.3 is 0 Å². The van der Waals surface area contributed by atoms with Gasteiger partial charge in [0.15, 0.2) is 0 Å². The Labute approximate surface area is 105 Å². The number of carbonyl (C=O) groups excluding carboxylic acids is 1. The predicted octanol–water partition coefficient (Wildman–Crippen LogP) is 3.27. The molecule has 0 saturated heterocycles. The van der Waals surface area contributed by atoms with E-state index < -0.39 is 0 Å². The first-order valence-electron chi connectivity index (χ1n) is 5.50. The van der Waals surface area contributed by atoms with Gasteiger partial charge in [0.05, 0.1) is 5.56 Å². The summed E-state index contributed by atoms with van der Waals surface area (Å²) in [5.41, 5.74) is 0.423. The lowest BCUT2D eigenvalue weighted by molar-refractivity contribution is 0.0903. The normalized spacial score (nSPS) is 11.5. The van der Waals surface area contributed by atoms with Crippen molar-refractivity contribution in [2.45, 2.75) is 39.2 Å². The minimum absolute atomic E-state index is 0.0694. The van der Waals surface area contributed by atoms with Crippen molar-refractivity contribution in [2.75, 3.05) is 5.33 Å². The van der Waals surface area contributed by atoms with Crippen LogP contribution in [-0.4, -0.2) is 16.8 Å². The van der Waals surface area contributed by atoms with Crippen LogP contribution >= 0.6 is 15.9 Å². The molecule has 0 aliphatic carbocycles. The summed E-state index contributed by atoms with van der Waals surface area (Å²) in [4.78, 5) is 12.0. The van der Waals surface area contributed by atoms with Crippen LogP contribution in [0.4, 0.5) is 0 Å². The van der Waals surface area contributed by atoms with Crippen LogP contribution in [0.5, 0.6) is 0 Å². The number of hydrogen-bond acceptors (Lipinski definition) is 2. The highest BCUT2D eigenvalue weighted by Crippen LogP contribution is 2.19. The first kappa shape index (κ1) is 13.3. The lowest BCUT2D eigenvalue weighted by Gasteiger charge is -2.30. The number of aryl methyl sites for hydroxylation is 1. The van der Waals surface area contributed by atoms with Crippen molar-refractivity contribution in [3.05, 3.63) is 23.7 Å². The van der Waals surface area contributed by atoms with Crippen LogP contribution in [0.25, 0.3) is 0 Å². The van der Waals surface area contributed by atoms with Crippen molar-refractivity contribution in [3.63, 3.8) is 0 Å². The Balaban J connectivity index is 2.76. The van der Waals surface area contributed by atoms with Crippen molar-refractivity contribution < 1.29 is 9.21 Å². The van der Waals surface area contributed by atoms with Crippen LogP contribution in [0, 0.1) is 6.92 Å². The molecule has 1 rings (SSSR count). The quantitative estimate of drug-likeness (QED) is 0.845. The van der Waals surface area contributed by atoms with E-state index in [1.807, 2.05) is 6.92 Å². The van der Waals surface area contributed by atoms with Crippen LogP contribution in [0.1, 0.15) is 42.8 Å². The Bertz CT molecular complexity index is 347. The van der Waals surface area contributed by atoms with E-state index in [0.29, 0.717) is 5.56 Å². The van der Waals surface area contributed by atoms with Gasteiger partial charge in [-0.2, -0.15) is 0 Å². The molecule has 0 aromatic carbocycles. The van der Waals surface area contributed by atoms with Gasteiger partial charge in [-0.1, -0.05) is 29.8 Å². The maximum atomic E-state index is 12.0. The highest BCUT2D eigenvalue weighted by atomic mass is 79.9. The van der Waals surface area contributed by atoms with Crippen molar-refractivity contribution in [3.8, 4) is 0 Å². The summed E-state index contributed by atoms with van der Waals surface area (Å²) in [5, 5.41) is 3.82. The second-order valence-electron chi connectivity index (χ2n) is 4.02. The Kier molecular flexibility index (Phi) is 4.59. The molecule has 0 unspecified atom stereocenters. The molecule has 0 spiro atoms. The second kappa shape index (κ2) is 5.53. The maximum absolute atomic E-state index is 12.0. The molecule has 0 atom stereocenters. The zero-order valence-corrected chi connectivity index (χ0v) is 11.6. The fraction of sp³-hybridized carbons (Fsp3) is 0.583. The Hall–Kier alpha value is -0.770. The third kappa shape index (κ3) is 2.88. The maximum Gasteiger partial charge on any atom is 0.255 e. The van der Waals surface area contributed by atoms with Gasteiger partial charge in [0.2, 0.25) is 0 Å². The van der Waals surface area contributed by atoms with E-state index in [1.54, 1.807) is 6.07 Å². The molecule has 1 aromatic heterocycles. The van der Waals surface area contributed by atoms with E-state index in [4.69, 9.17) is 4.42 Å². The first-order valence-corrected chi connectivity index (χ1v) is 6.62. The number of alkyl halides is 1. The third-order valence-corrected chi connectivity index (χ3v) is 4.05. The molecular formula is C12H18BrNO2. The summed E-state index contributed by atoms with van der Waals surface area (Å²) < 4.78 is 5.13. The fourth-order valence-corrected chi connectivity index (χ4v) is 2.46. The van der Waals surface area contributed by atoms with E-state index >= 15 is 0 Å². The van der Waals surface area contributed by atoms with Crippen molar-refractivity contribution in [2.24, 2.45) is 0 Å². The van der Waals surface area contributed by atoms with E-state index in [2.05, 4.69) is 35.1 Å². The van der Waals surface area contributed by atoms with Crippen LogP contribution in [0.3, 0.4) is 0 Å². The zero-order valence-electron chi connectivity index (χ0n) is 9.97. The lowest BCUT2D eigenvalue weighted by atomic mass is 9.95. The molecule has 0 fully saturated rings. The number of carbonyl (C=O) groups is 1. The molecule has 0 aliphatic rings. The second-order valence-corrected chi connectivity index (χ2v) is 4.58. The van der Waals surface area contributed by atoms with Gasteiger partial charge in [0.1, 0.15) is 12.0 Å². The van der Waals surface area contributed by atoms with Gasteiger partial charge in [-0.15, -0.1) is 0 Å². The summed E-state index contributed by atoms with van der Waals surface area (Å²) in [6, 6.07) is 1.75. The summed E-state index contributed by atoms with van der Waals surface area (Å²) in [6.45, 7) is 5.98.